The molecule has 0 saturated heterocycles. The summed E-state index contributed by atoms with van der Waals surface area (Å²) in [7, 11) is 1.78. The van der Waals surface area contributed by atoms with Gasteiger partial charge in [-0.05, 0) is 37.5 Å². The van der Waals surface area contributed by atoms with Gasteiger partial charge in [-0.2, -0.15) is 0 Å². The van der Waals surface area contributed by atoms with Gasteiger partial charge >= 0.3 is 0 Å². The highest BCUT2D eigenvalue weighted by molar-refractivity contribution is 4.77. The summed E-state index contributed by atoms with van der Waals surface area (Å²) in [5, 5.41) is 0. The third-order valence-electron chi connectivity index (χ3n) is 3.64. The molecule has 0 amide bonds. The minimum Gasteiger partial charge on any atom is -0.383 e. The maximum absolute atomic E-state index is 5.96. The maximum Gasteiger partial charge on any atom is 0.0589 e. The molecule has 3 nitrogen and oxygen atoms in total. The van der Waals surface area contributed by atoms with Gasteiger partial charge in [-0.25, -0.2) is 0 Å². The van der Waals surface area contributed by atoms with Crippen LogP contribution in [0.25, 0.3) is 0 Å². The van der Waals surface area contributed by atoms with Crippen LogP contribution in [0.15, 0.2) is 0 Å². The van der Waals surface area contributed by atoms with Crippen molar-refractivity contribution in [2.45, 2.75) is 45.6 Å². The van der Waals surface area contributed by atoms with Crippen LogP contribution in [0, 0.1) is 11.8 Å². The van der Waals surface area contributed by atoms with E-state index in [4.69, 9.17) is 10.5 Å². The normalized spacial score (nSPS) is 25.8. The molecule has 0 atom stereocenters. The van der Waals surface area contributed by atoms with Crippen molar-refractivity contribution in [3.8, 4) is 0 Å². The lowest BCUT2D eigenvalue weighted by atomic mass is 9.86. The van der Waals surface area contributed by atoms with Gasteiger partial charge in [0.05, 0.1) is 6.61 Å². The molecule has 1 saturated carbocycles. The van der Waals surface area contributed by atoms with Gasteiger partial charge in [0, 0.05) is 32.8 Å². The van der Waals surface area contributed by atoms with E-state index in [2.05, 4.69) is 18.7 Å². The molecule has 0 heterocycles. The zero-order valence-corrected chi connectivity index (χ0v) is 11.8. The van der Waals surface area contributed by atoms with Crippen molar-refractivity contribution in [3.05, 3.63) is 0 Å². The molecular formula is C14H30N2O. The van der Waals surface area contributed by atoms with E-state index < -0.39 is 0 Å². The SMILES string of the molecule is COCCN(CC(C)C)CC1CCC(N)CC1. The zero-order valence-electron chi connectivity index (χ0n) is 11.8. The second-order valence-electron chi connectivity index (χ2n) is 5.93. The Kier molecular flexibility index (Phi) is 7.09. The molecule has 0 aromatic heterocycles. The van der Waals surface area contributed by atoms with Crippen molar-refractivity contribution in [3.63, 3.8) is 0 Å². The fourth-order valence-electron chi connectivity index (χ4n) is 2.73. The summed E-state index contributed by atoms with van der Waals surface area (Å²) in [5.41, 5.74) is 5.96. The second-order valence-corrected chi connectivity index (χ2v) is 5.93. The lowest BCUT2D eigenvalue weighted by Gasteiger charge is -2.32. The molecule has 0 aromatic carbocycles. The zero-order chi connectivity index (χ0) is 12.7. The first-order valence-corrected chi connectivity index (χ1v) is 7.08. The van der Waals surface area contributed by atoms with Gasteiger partial charge in [0.2, 0.25) is 0 Å². The van der Waals surface area contributed by atoms with Gasteiger partial charge in [0.25, 0.3) is 0 Å². The summed E-state index contributed by atoms with van der Waals surface area (Å²) in [5.74, 6) is 1.59. The third-order valence-corrected chi connectivity index (χ3v) is 3.64. The van der Waals surface area contributed by atoms with E-state index >= 15 is 0 Å². The minimum atomic E-state index is 0.462. The summed E-state index contributed by atoms with van der Waals surface area (Å²) >= 11 is 0. The van der Waals surface area contributed by atoms with Crippen LogP contribution in [0.3, 0.4) is 0 Å². The number of hydrogen-bond acceptors (Lipinski definition) is 3. The summed E-state index contributed by atoms with van der Waals surface area (Å²) in [6.45, 7) is 8.91. The van der Waals surface area contributed by atoms with Crippen molar-refractivity contribution >= 4 is 0 Å². The van der Waals surface area contributed by atoms with Gasteiger partial charge in [-0.3, -0.25) is 0 Å². The molecule has 0 aromatic rings. The van der Waals surface area contributed by atoms with Crippen LogP contribution < -0.4 is 5.73 Å². The number of nitrogens with two attached hydrogens (primary N) is 1. The minimum absolute atomic E-state index is 0.462. The summed E-state index contributed by atoms with van der Waals surface area (Å²) in [6, 6.07) is 0.462. The molecule has 3 heteroatoms. The number of methoxy groups -OCH3 is 1. The average molecular weight is 242 g/mol. The third kappa shape index (κ3) is 6.39. The second kappa shape index (κ2) is 8.06. The average Bonchev–Trinajstić information content (AvgIpc) is 2.28. The van der Waals surface area contributed by atoms with Crippen LogP contribution in [0.1, 0.15) is 39.5 Å². The molecule has 1 aliphatic rings. The molecular weight excluding hydrogens is 212 g/mol. The predicted molar refractivity (Wildman–Crippen MR) is 73.1 cm³/mol. The molecule has 17 heavy (non-hydrogen) atoms. The monoisotopic (exact) mass is 242 g/mol. The van der Waals surface area contributed by atoms with Crippen LogP contribution in [-0.2, 0) is 4.74 Å². The van der Waals surface area contributed by atoms with E-state index in [0.29, 0.717) is 6.04 Å². The van der Waals surface area contributed by atoms with E-state index in [1.807, 2.05) is 0 Å². The summed E-state index contributed by atoms with van der Waals surface area (Å²) in [6.07, 6.45) is 5.04. The first-order valence-electron chi connectivity index (χ1n) is 7.08. The van der Waals surface area contributed by atoms with Crippen molar-refractivity contribution in [1.82, 2.24) is 4.90 Å². The van der Waals surface area contributed by atoms with E-state index in [-0.39, 0.29) is 0 Å². The van der Waals surface area contributed by atoms with Crippen LogP contribution in [0.5, 0.6) is 0 Å². The van der Waals surface area contributed by atoms with Crippen LogP contribution >= 0.6 is 0 Å². The molecule has 0 bridgehead atoms. The number of rotatable bonds is 7. The summed E-state index contributed by atoms with van der Waals surface area (Å²) in [4.78, 5) is 2.57. The van der Waals surface area contributed by atoms with Gasteiger partial charge in [-0.1, -0.05) is 13.8 Å². The lowest BCUT2D eigenvalue weighted by molar-refractivity contribution is 0.119. The Morgan fingerprint density at radius 1 is 1.24 bits per heavy atom. The smallest absolute Gasteiger partial charge is 0.0589 e. The molecule has 0 spiro atoms. The first kappa shape index (κ1) is 14.9. The Morgan fingerprint density at radius 3 is 2.41 bits per heavy atom. The van der Waals surface area contributed by atoms with Gasteiger partial charge in [0.1, 0.15) is 0 Å². The topological polar surface area (TPSA) is 38.5 Å². The van der Waals surface area contributed by atoms with E-state index in [1.165, 1.54) is 38.8 Å². The van der Waals surface area contributed by atoms with Crippen LogP contribution in [0.4, 0.5) is 0 Å². The highest BCUT2D eigenvalue weighted by Crippen LogP contribution is 2.24. The Hall–Kier alpha value is -0.120. The number of ether oxygens (including phenoxy) is 1. The quantitative estimate of drug-likeness (QED) is 0.743. The van der Waals surface area contributed by atoms with Crippen molar-refractivity contribution in [2.24, 2.45) is 17.6 Å². The standard InChI is InChI=1S/C14H30N2O/c1-12(2)10-16(8-9-17-3)11-13-4-6-14(15)7-5-13/h12-14H,4-11,15H2,1-3H3. The number of hydrogen-bond donors (Lipinski definition) is 1. The Labute approximate surface area is 107 Å². The molecule has 1 fully saturated rings. The van der Waals surface area contributed by atoms with Gasteiger partial charge < -0.3 is 15.4 Å². The molecule has 0 radical (unpaired) electrons. The van der Waals surface area contributed by atoms with Crippen molar-refractivity contribution in [2.75, 3.05) is 33.4 Å². The molecule has 0 aliphatic heterocycles. The molecule has 2 N–H and O–H groups in total. The van der Waals surface area contributed by atoms with Crippen LogP contribution in [-0.4, -0.2) is 44.3 Å². The van der Waals surface area contributed by atoms with E-state index in [1.54, 1.807) is 7.11 Å². The van der Waals surface area contributed by atoms with Crippen molar-refractivity contribution in [1.29, 1.82) is 0 Å². The highest BCUT2D eigenvalue weighted by Gasteiger charge is 2.21. The Bertz CT molecular complexity index is 189. The van der Waals surface area contributed by atoms with Crippen LogP contribution in [0.2, 0.25) is 0 Å². The fraction of sp³-hybridized carbons (Fsp3) is 1.00. The largest absolute Gasteiger partial charge is 0.383 e. The Balaban J connectivity index is 2.31. The number of nitrogens with zero attached hydrogens (tertiary/aromatic N) is 1. The Morgan fingerprint density at radius 2 is 1.88 bits per heavy atom. The molecule has 1 aliphatic carbocycles. The molecule has 102 valence electrons. The molecule has 0 unspecified atom stereocenters. The highest BCUT2D eigenvalue weighted by atomic mass is 16.5. The lowest BCUT2D eigenvalue weighted by Crippen LogP contribution is -2.37. The van der Waals surface area contributed by atoms with Gasteiger partial charge in [0.15, 0.2) is 0 Å². The molecule has 1 rings (SSSR count). The van der Waals surface area contributed by atoms with E-state index in [9.17, 15) is 0 Å². The predicted octanol–water partition coefficient (Wildman–Crippen LogP) is 2.11. The first-order chi connectivity index (χ1) is 8.11. The van der Waals surface area contributed by atoms with Gasteiger partial charge in [-0.15, -0.1) is 0 Å². The fourth-order valence-corrected chi connectivity index (χ4v) is 2.73. The summed E-state index contributed by atoms with van der Waals surface area (Å²) < 4.78 is 5.20. The van der Waals surface area contributed by atoms with Crippen molar-refractivity contribution < 1.29 is 4.74 Å². The maximum atomic E-state index is 5.96. The van der Waals surface area contributed by atoms with E-state index in [0.717, 1.165) is 25.0 Å².